The highest BCUT2D eigenvalue weighted by atomic mass is 15.1. The largest absolute Gasteiger partial charge is 0.309 e. The van der Waals surface area contributed by atoms with Crippen LogP contribution in [0.15, 0.2) is 485 Å². The van der Waals surface area contributed by atoms with Gasteiger partial charge in [-0.2, -0.15) is 0 Å². The molecule has 6 heterocycles. The van der Waals surface area contributed by atoms with Gasteiger partial charge in [0, 0.05) is 99.2 Å². The molecule has 0 aliphatic rings. The lowest BCUT2D eigenvalue weighted by Crippen LogP contribution is -2.01. The van der Waals surface area contributed by atoms with Crippen LogP contribution in [-0.2, 0) is 0 Å². The fourth-order valence-electron chi connectivity index (χ4n) is 21.3. The van der Waals surface area contributed by atoms with E-state index in [0.717, 1.165) is 122 Å². The van der Waals surface area contributed by atoms with E-state index in [0.29, 0.717) is 34.9 Å². The van der Waals surface area contributed by atoms with Gasteiger partial charge in [-0.05, 0) is 190 Å². The second-order valence-corrected chi connectivity index (χ2v) is 35.6. The molecule has 0 N–H and O–H groups in total. The van der Waals surface area contributed by atoms with E-state index >= 15 is 0 Å². The zero-order chi connectivity index (χ0) is 90.8. The van der Waals surface area contributed by atoms with Crippen LogP contribution < -0.4 is 0 Å². The summed E-state index contributed by atoms with van der Waals surface area (Å²) in [4.78, 5) is 30.8. The second-order valence-electron chi connectivity index (χ2n) is 35.6. The molecule has 0 aliphatic carbocycles. The average molecular weight is 1760 g/mol. The van der Waals surface area contributed by atoms with Crippen molar-refractivity contribution >= 4 is 141 Å². The molecule has 0 fully saturated rings. The van der Waals surface area contributed by atoms with Crippen LogP contribution in [0.4, 0.5) is 0 Å². The van der Waals surface area contributed by atoms with E-state index in [1.54, 1.807) is 0 Å². The van der Waals surface area contributed by atoms with Gasteiger partial charge in [0.1, 0.15) is 0 Å². The summed E-state index contributed by atoms with van der Waals surface area (Å²) in [5, 5.41) is 21.4. The number of aromatic nitrogens is 10. The molecule has 0 atom stereocenters. The standard InChI is InChI=1S/C65H41N5.C63H39N5/c1-5-18-42(19-6-1)43-32-34-46(35-33-43)64-66-63(45-22-9-3-10-23-45)67-65(68-64)54-30-17-24-47-38-49(36-37-50(47)54)70-58-31-16-15-28-52(58)56-39-57-60(41-59(56)70)69(48-25-11-4-12-26-48)61-40-55(44-20-7-2-8-21-44)51-27-13-14-29-53(51)62(57)61;1-4-18-41(19-5-1)53-38-59-60(51-28-13-12-26-49(51)53)55-37-54-50-27-14-15-30-56(50)68(57(54)39-58(55)67(59)46-24-8-3-9-25-46)47-33-34-48-44(36-47)23-16-29-52(48)63-65-61(42-20-6-2-7-21-42)64-62(66-63)45-32-31-40-17-10-11-22-43(40)35-45/h1-41H;1-39H. The normalized spacial score (nSPS) is 11.8. The first kappa shape index (κ1) is 79.1. The first-order chi connectivity index (χ1) is 68.4. The molecule has 22 aromatic carbocycles. The van der Waals surface area contributed by atoms with Crippen molar-refractivity contribution in [1.82, 2.24) is 48.2 Å². The van der Waals surface area contributed by atoms with Crippen LogP contribution in [0.2, 0.25) is 0 Å². The molecule has 0 saturated heterocycles. The third-order valence-corrected chi connectivity index (χ3v) is 27.6. The van der Waals surface area contributed by atoms with Crippen molar-refractivity contribution in [2.45, 2.75) is 0 Å². The minimum absolute atomic E-state index is 0.630. The van der Waals surface area contributed by atoms with Crippen molar-refractivity contribution < 1.29 is 0 Å². The van der Waals surface area contributed by atoms with Crippen molar-refractivity contribution in [3.05, 3.63) is 485 Å². The highest BCUT2D eigenvalue weighted by Gasteiger charge is 2.27. The smallest absolute Gasteiger partial charge is 0.164 e. The lowest BCUT2D eigenvalue weighted by molar-refractivity contribution is 1.08. The first-order valence-corrected chi connectivity index (χ1v) is 46.9. The van der Waals surface area contributed by atoms with Gasteiger partial charge in [-0.3, -0.25) is 0 Å². The lowest BCUT2D eigenvalue weighted by Gasteiger charge is -2.13. The van der Waals surface area contributed by atoms with E-state index in [9.17, 15) is 0 Å². The molecule has 0 saturated carbocycles. The first-order valence-electron chi connectivity index (χ1n) is 46.9. The minimum atomic E-state index is 0.630. The van der Waals surface area contributed by atoms with Gasteiger partial charge in [0.25, 0.3) is 0 Å². The molecule has 642 valence electrons. The predicted octanol–water partition coefficient (Wildman–Crippen LogP) is 32.9. The van der Waals surface area contributed by atoms with Crippen LogP contribution in [0.25, 0.3) is 266 Å². The molecule has 0 amide bonds. The van der Waals surface area contributed by atoms with Crippen molar-refractivity contribution in [2.75, 3.05) is 0 Å². The number of rotatable bonds is 13. The SMILES string of the molecule is c1ccc(-c2ccc(-c3nc(-c4ccccc4)nc(-c4cccc5cc(-n6c7ccccc7c7cc8c9c%10ccccc%10c(-c%10ccccc%10)cc9n(-c9ccccc9)c8cc76)ccc45)n3)cc2)cc1.c1ccc(-c2nc(-c3ccc4ccccc4c3)nc(-c3cccc4cc(-n5c6ccccc6c6cc7c8c9ccccc9c(-c9ccccc9)cc8n(-c8ccccc8)c7cc65)ccc34)n2)cc1. The Bertz CT molecular complexity index is 9740. The molecule has 10 nitrogen and oxygen atoms in total. The molecule has 28 rings (SSSR count). The third-order valence-electron chi connectivity index (χ3n) is 27.6. The number of hydrogen-bond donors (Lipinski definition) is 0. The fourth-order valence-corrected chi connectivity index (χ4v) is 21.3. The Kier molecular flexibility index (Phi) is 18.7. The Hall–Kier alpha value is -18.6. The van der Waals surface area contributed by atoms with Crippen molar-refractivity contribution in [3.8, 4) is 124 Å². The Balaban J connectivity index is 0.000000139. The number of fused-ring (bicyclic) bond motifs is 19. The van der Waals surface area contributed by atoms with Gasteiger partial charge in [0.2, 0.25) is 0 Å². The molecule has 6 aromatic heterocycles. The molecule has 0 spiro atoms. The Labute approximate surface area is 793 Å². The number of hydrogen-bond acceptors (Lipinski definition) is 6. The van der Waals surface area contributed by atoms with Crippen LogP contribution in [0.5, 0.6) is 0 Å². The van der Waals surface area contributed by atoms with Gasteiger partial charge in [-0.15, -0.1) is 0 Å². The van der Waals surface area contributed by atoms with E-state index in [2.05, 4.69) is 461 Å². The monoisotopic (exact) mass is 1760 g/mol. The number of nitrogens with zero attached hydrogens (tertiary/aromatic N) is 10. The van der Waals surface area contributed by atoms with Crippen molar-refractivity contribution in [2.24, 2.45) is 0 Å². The quantitative estimate of drug-likeness (QED) is 0.114. The van der Waals surface area contributed by atoms with Gasteiger partial charge in [0.05, 0.1) is 44.1 Å². The molecule has 0 aliphatic heterocycles. The third kappa shape index (κ3) is 13.3. The van der Waals surface area contributed by atoms with Gasteiger partial charge in [0.15, 0.2) is 34.9 Å². The summed E-state index contributed by atoms with van der Waals surface area (Å²) in [5.41, 5.74) is 26.5. The topological polar surface area (TPSA) is 97.1 Å². The van der Waals surface area contributed by atoms with E-state index in [1.807, 2.05) is 42.5 Å². The maximum absolute atomic E-state index is 5.20. The average Bonchev–Trinajstić information content (AvgIpc) is 1.54. The summed E-state index contributed by atoms with van der Waals surface area (Å²) in [6.07, 6.45) is 0. The summed E-state index contributed by atoms with van der Waals surface area (Å²) in [6, 6.07) is 174. The summed E-state index contributed by atoms with van der Waals surface area (Å²) >= 11 is 0. The van der Waals surface area contributed by atoms with Gasteiger partial charge < -0.3 is 18.3 Å². The molecular formula is C128H80N10. The molecule has 0 radical (unpaired) electrons. The second kappa shape index (κ2) is 32.7. The van der Waals surface area contributed by atoms with Gasteiger partial charge in [-0.25, -0.2) is 29.9 Å². The summed E-state index contributed by atoms with van der Waals surface area (Å²) in [6.45, 7) is 0. The maximum atomic E-state index is 5.20. The maximum Gasteiger partial charge on any atom is 0.164 e. The Morgan fingerprint density at radius 1 is 0.123 bits per heavy atom. The lowest BCUT2D eigenvalue weighted by atomic mass is 9.94. The van der Waals surface area contributed by atoms with E-state index in [1.165, 1.54) is 109 Å². The molecule has 0 bridgehead atoms. The molecule has 28 aromatic rings. The summed E-state index contributed by atoms with van der Waals surface area (Å²) in [7, 11) is 0. The molecular weight excluding hydrogens is 1680 g/mol. The summed E-state index contributed by atoms with van der Waals surface area (Å²) < 4.78 is 9.79. The van der Waals surface area contributed by atoms with Crippen LogP contribution in [-0.4, -0.2) is 48.2 Å². The Morgan fingerprint density at radius 2 is 0.435 bits per heavy atom. The molecule has 138 heavy (non-hydrogen) atoms. The van der Waals surface area contributed by atoms with Crippen molar-refractivity contribution in [1.29, 1.82) is 0 Å². The van der Waals surface area contributed by atoms with E-state index < -0.39 is 0 Å². The summed E-state index contributed by atoms with van der Waals surface area (Å²) in [5.74, 6) is 3.81. The van der Waals surface area contributed by atoms with Gasteiger partial charge in [-0.1, -0.05) is 382 Å². The van der Waals surface area contributed by atoms with Crippen LogP contribution >= 0.6 is 0 Å². The zero-order valence-corrected chi connectivity index (χ0v) is 74.7. The molecule has 0 unspecified atom stereocenters. The highest BCUT2D eigenvalue weighted by molar-refractivity contribution is 6.29. The molecule has 10 heteroatoms. The zero-order valence-electron chi connectivity index (χ0n) is 74.7. The number of benzene rings is 22. The van der Waals surface area contributed by atoms with Crippen molar-refractivity contribution in [3.63, 3.8) is 0 Å². The Morgan fingerprint density at radius 3 is 0.877 bits per heavy atom. The highest BCUT2D eigenvalue weighted by Crippen LogP contribution is 2.49. The fraction of sp³-hybridized carbons (Fsp3) is 0. The number of para-hydroxylation sites is 4. The minimum Gasteiger partial charge on any atom is -0.309 e. The van der Waals surface area contributed by atoms with E-state index in [4.69, 9.17) is 29.9 Å². The van der Waals surface area contributed by atoms with Crippen LogP contribution in [0.3, 0.4) is 0 Å². The van der Waals surface area contributed by atoms with E-state index in [-0.39, 0.29) is 0 Å². The predicted molar refractivity (Wildman–Crippen MR) is 573 cm³/mol. The van der Waals surface area contributed by atoms with Gasteiger partial charge >= 0.3 is 0 Å². The van der Waals surface area contributed by atoms with Crippen LogP contribution in [0.1, 0.15) is 0 Å². The van der Waals surface area contributed by atoms with Crippen LogP contribution in [0, 0.1) is 0 Å².